The zero-order chi connectivity index (χ0) is 33.6. The van der Waals surface area contributed by atoms with Crippen LogP contribution in [0, 0.1) is 13.8 Å². The first kappa shape index (κ1) is 32.8. The smallest absolute Gasteiger partial charge is 0.0858 e. The number of nitrogens with zero attached hydrogens (tertiary/aromatic N) is 6. The van der Waals surface area contributed by atoms with Gasteiger partial charge in [-0.3, -0.25) is 29.9 Å². The van der Waals surface area contributed by atoms with Crippen molar-refractivity contribution in [3.8, 4) is 0 Å². The van der Waals surface area contributed by atoms with Gasteiger partial charge in [-0.25, -0.2) is 0 Å². The minimum absolute atomic E-state index is 0.165. The van der Waals surface area contributed by atoms with Crippen molar-refractivity contribution in [3.05, 3.63) is 178 Å². The molecule has 48 heavy (non-hydrogen) atoms. The lowest BCUT2D eigenvalue weighted by Crippen LogP contribution is -2.13. The summed E-state index contributed by atoms with van der Waals surface area (Å²) in [4.78, 5) is 30.4. The summed E-state index contributed by atoms with van der Waals surface area (Å²) < 4.78 is 0. The Morgan fingerprint density at radius 1 is 0.354 bits per heavy atom. The maximum Gasteiger partial charge on any atom is 0.0858 e. The van der Waals surface area contributed by atoms with Crippen molar-refractivity contribution in [2.75, 3.05) is 0 Å². The van der Waals surface area contributed by atoms with Crippen LogP contribution >= 0.6 is 0 Å². The Bertz CT molecular complexity index is 1850. The second kappa shape index (κ2) is 14.8. The summed E-state index contributed by atoms with van der Waals surface area (Å²) in [5, 5.41) is 0. The molecule has 2 unspecified atom stereocenters. The summed E-state index contributed by atoms with van der Waals surface area (Å²) in [6.07, 6.45) is 1.51. The Morgan fingerprint density at radius 2 is 0.646 bits per heavy atom. The second-order valence-electron chi connectivity index (χ2n) is 13.2. The van der Waals surface area contributed by atoms with Crippen molar-refractivity contribution in [3.63, 3.8) is 0 Å². The molecule has 6 aromatic heterocycles. The first-order valence-corrected chi connectivity index (χ1v) is 17.0. The molecular weight excluding hydrogens is 589 g/mol. The third-order valence-electron chi connectivity index (χ3n) is 8.66. The molecule has 6 rings (SSSR count). The summed E-state index contributed by atoms with van der Waals surface area (Å²) in [5.74, 6) is 0.327. The Kier molecular flexibility index (Phi) is 10.1. The molecule has 6 aromatic rings. The third kappa shape index (κ3) is 7.71. The van der Waals surface area contributed by atoms with Crippen molar-refractivity contribution in [2.45, 2.75) is 78.1 Å². The zero-order valence-corrected chi connectivity index (χ0v) is 28.8. The summed E-state index contributed by atoms with van der Waals surface area (Å²) >= 11 is 0. The fourth-order valence-electron chi connectivity index (χ4n) is 6.11. The molecule has 6 nitrogen and oxygen atoms in total. The number of rotatable bonds is 11. The number of hydrogen-bond acceptors (Lipinski definition) is 6. The number of aryl methyl sites for hydroxylation is 4. The summed E-state index contributed by atoms with van der Waals surface area (Å²) in [6, 6.07) is 37.5. The quantitative estimate of drug-likeness (QED) is 0.142. The first-order chi connectivity index (χ1) is 23.2. The lowest BCUT2D eigenvalue weighted by atomic mass is 9.93. The van der Waals surface area contributed by atoms with Crippen molar-refractivity contribution in [1.29, 1.82) is 0 Å². The summed E-state index contributed by atoms with van der Waals surface area (Å²) in [5.41, 5.74) is 11.8. The van der Waals surface area contributed by atoms with Crippen LogP contribution in [0.4, 0.5) is 0 Å². The van der Waals surface area contributed by atoms with Crippen LogP contribution in [0.1, 0.15) is 120 Å². The minimum atomic E-state index is -0.165. The van der Waals surface area contributed by atoms with Gasteiger partial charge in [-0.2, -0.15) is 0 Å². The van der Waals surface area contributed by atoms with Gasteiger partial charge >= 0.3 is 0 Å². The van der Waals surface area contributed by atoms with E-state index in [1.807, 2.05) is 26.0 Å². The van der Waals surface area contributed by atoms with E-state index in [0.717, 1.165) is 81.2 Å². The molecule has 0 spiro atoms. The van der Waals surface area contributed by atoms with Crippen molar-refractivity contribution in [2.24, 2.45) is 0 Å². The molecule has 0 aliphatic carbocycles. The van der Waals surface area contributed by atoms with Crippen molar-refractivity contribution in [1.82, 2.24) is 29.9 Å². The second-order valence-corrected chi connectivity index (χ2v) is 13.2. The average Bonchev–Trinajstić information content (AvgIpc) is 3.08. The zero-order valence-electron chi connectivity index (χ0n) is 28.8. The molecule has 6 heteroatoms. The first-order valence-electron chi connectivity index (χ1n) is 17.0. The molecule has 6 heterocycles. The summed E-state index contributed by atoms with van der Waals surface area (Å²) in [7, 11) is 0. The van der Waals surface area contributed by atoms with Crippen LogP contribution < -0.4 is 0 Å². The maximum absolute atomic E-state index is 5.21. The number of hydrogen-bond donors (Lipinski definition) is 0. The normalized spacial score (nSPS) is 12.8. The lowest BCUT2D eigenvalue weighted by Gasteiger charge is -2.19. The molecule has 0 aliphatic rings. The van der Waals surface area contributed by atoms with Crippen LogP contribution in [0.2, 0.25) is 0 Å². The van der Waals surface area contributed by atoms with E-state index in [1.165, 1.54) is 0 Å². The van der Waals surface area contributed by atoms with Gasteiger partial charge in [0.15, 0.2) is 0 Å². The van der Waals surface area contributed by atoms with E-state index >= 15 is 0 Å². The van der Waals surface area contributed by atoms with E-state index in [2.05, 4.69) is 125 Å². The SMILES string of the molecule is Cc1cccc(C(c2cccc(CCc3cccc(C(c4cccc(C)n4)c4cccc(C(C)C)n4)n3)n2)c2cccc(C(C)C)n2)n1. The highest BCUT2D eigenvalue weighted by atomic mass is 14.8. The Hall–Kier alpha value is -5.10. The van der Waals surface area contributed by atoms with Gasteiger partial charge in [0.2, 0.25) is 0 Å². The molecule has 0 saturated carbocycles. The van der Waals surface area contributed by atoms with Gasteiger partial charge in [-0.1, -0.05) is 64.1 Å². The van der Waals surface area contributed by atoms with Crippen LogP contribution in [-0.2, 0) is 12.8 Å². The Morgan fingerprint density at radius 3 is 1.00 bits per heavy atom. The van der Waals surface area contributed by atoms with Gasteiger partial charge in [-0.05, 0) is 111 Å². The Balaban J connectivity index is 1.30. The lowest BCUT2D eigenvalue weighted by molar-refractivity contribution is 0.760. The molecule has 0 aliphatic heterocycles. The standard InChI is InChI=1S/C42H44N6/c1-27(2)33-17-11-23-39(47-33)41(35-19-7-13-29(5)43-35)37-21-9-15-31(45-37)25-26-32-16-10-22-38(46-32)42(36-20-8-14-30(6)44-36)40-24-12-18-34(48-40)28(3)4/h7-24,27-28,41-42H,25-26H2,1-6H3. The minimum Gasteiger partial charge on any atom is -0.257 e. The molecule has 0 bridgehead atoms. The topological polar surface area (TPSA) is 77.3 Å². The van der Waals surface area contributed by atoms with E-state index in [9.17, 15) is 0 Å². The van der Waals surface area contributed by atoms with Gasteiger partial charge in [-0.15, -0.1) is 0 Å². The van der Waals surface area contributed by atoms with E-state index in [1.54, 1.807) is 0 Å². The van der Waals surface area contributed by atoms with Gasteiger partial charge in [0.1, 0.15) is 0 Å². The summed E-state index contributed by atoms with van der Waals surface area (Å²) in [6.45, 7) is 12.7. The molecule has 0 amide bonds. The van der Waals surface area contributed by atoms with E-state index in [4.69, 9.17) is 29.9 Å². The third-order valence-corrected chi connectivity index (χ3v) is 8.66. The van der Waals surface area contributed by atoms with Gasteiger partial charge in [0.25, 0.3) is 0 Å². The highest BCUT2D eigenvalue weighted by Gasteiger charge is 2.24. The molecular formula is C42H44N6. The van der Waals surface area contributed by atoms with Crippen LogP contribution in [0.15, 0.2) is 109 Å². The fourth-order valence-corrected chi connectivity index (χ4v) is 6.11. The molecule has 0 saturated heterocycles. The number of aromatic nitrogens is 6. The number of pyridine rings is 6. The van der Waals surface area contributed by atoms with Gasteiger partial charge in [0.05, 0.1) is 46.0 Å². The maximum atomic E-state index is 5.21. The van der Waals surface area contributed by atoms with Crippen LogP contribution in [0.25, 0.3) is 0 Å². The fraction of sp³-hybridized carbons (Fsp3) is 0.286. The highest BCUT2D eigenvalue weighted by molar-refractivity contribution is 5.38. The van der Waals surface area contributed by atoms with E-state index < -0.39 is 0 Å². The predicted octanol–water partition coefficient (Wildman–Crippen LogP) is 9.07. The van der Waals surface area contributed by atoms with Crippen LogP contribution in [-0.4, -0.2) is 29.9 Å². The predicted molar refractivity (Wildman–Crippen MR) is 192 cm³/mol. The average molecular weight is 633 g/mol. The van der Waals surface area contributed by atoms with E-state index in [-0.39, 0.29) is 11.8 Å². The van der Waals surface area contributed by atoms with E-state index in [0.29, 0.717) is 11.8 Å². The molecule has 242 valence electrons. The van der Waals surface area contributed by atoms with Crippen LogP contribution in [0.5, 0.6) is 0 Å². The molecule has 2 atom stereocenters. The van der Waals surface area contributed by atoms with Crippen molar-refractivity contribution >= 4 is 0 Å². The molecule has 0 aromatic carbocycles. The Labute approximate surface area is 284 Å². The van der Waals surface area contributed by atoms with Crippen molar-refractivity contribution < 1.29 is 0 Å². The molecule has 0 radical (unpaired) electrons. The monoisotopic (exact) mass is 632 g/mol. The highest BCUT2D eigenvalue weighted by Crippen LogP contribution is 2.31. The molecule has 0 N–H and O–H groups in total. The largest absolute Gasteiger partial charge is 0.257 e. The van der Waals surface area contributed by atoms with Gasteiger partial charge < -0.3 is 0 Å². The molecule has 0 fully saturated rings. The van der Waals surface area contributed by atoms with Gasteiger partial charge in [0, 0.05) is 34.2 Å². The van der Waals surface area contributed by atoms with Crippen LogP contribution in [0.3, 0.4) is 0 Å².